The quantitative estimate of drug-likeness (QED) is 0.825. The lowest BCUT2D eigenvalue weighted by Gasteiger charge is -2.17. The molecular formula is C12H13BrF3NO2. The molecule has 1 amide bonds. The van der Waals surface area contributed by atoms with Crippen molar-refractivity contribution in [1.82, 2.24) is 4.90 Å². The van der Waals surface area contributed by atoms with Crippen molar-refractivity contribution in [3.05, 3.63) is 34.3 Å². The van der Waals surface area contributed by atoms with Gasteiger partial charge in [0.25, 0.3) is 0 Å². The topological polar surface area (TPSA) is 29.5 Å². The van der Waals surface area contributed by atoms with E-state index in [0.29, 0.717) is 6.54 Å². The second kappa shape index (κ2) is 6.91. The van der Waals surface area contributed by atoms with Gasteiger partial charge < -0.3 is 9.64 Å². The Morgan fingerprint density at radius 1 is 1.42 bits per heavy atom. The van der Waals surface area contributed by atoms with Crippen LogP contribution in [0.3, 0.4) is 0 Å². The molecule has 0 radical (unpaired) electrons. The van der Waals surface area contributed by atoms with Gasteiger partial charge in [0.15, 0.2) is 0 Å². The van der Waals surface area contributed by atoms with Crippen molar-refractivity contribution in [3.8, 4) is 0 Å². The first kappa shape index (κ1) is 16.0. The van der Waals surface area contributed by atoms with Crippen molar-refractivity contribution in [3.63, 3.8) is 0 Å². The summed E-state index contributed by atoms with van der Waals surface area (Å²) < 4.78 is 40.7. The molecule has 0 spiro atoms. The minimum atomic E-state index is -4.41. The number of carbonyl (C=O) groups is 1. The Morgan fingerprint density at radius 3 is 2.68 bits per heavy atom. The molecule has 0 aliphatic carbocycles. The molecule has 0 aromatic heterocycles. The van der Waals surface area contributed by atoms with Crippen LogP contribution in [0.1, 0.15) is 5.56 Å². The summed E-state index contributed by atoms with van der Waals surface area (Å²) in [7, 11) is 1.51. The number of benzene rings is 1. The fourth-order valence-corrected chi connectivity index (χ4v) is 1.81. The van der Waals surface area contributed by atoms with Crippen molar-refractivity contribution < 1.29 is 22.7 Å². The van der Waals surface area contributed by atoms with E-state index < -0.39 is 25.3 Å². The Kier molecular flexibility index (Phi) is 5.81. The number of halogens is 4. The van der Waals surface area contributed by atoms with Crippen LogP contribution in [0, 0.1) is 0 Å². The normalized spacial score (nSPS) is 11.4. The Balaban J connectivity index is 2.41. The summed E-state index contributed by atoms with van der Waals surface area (Å²) in [5.74, 6) is -0.496. The maximum absolute atomic E-state index is 11.8. The first-order chi connectivity index (χ1) is 8.78. The van der Waals surface area contributed by atoms with Gasteiger partial charge in [-0.3, -0.25) is 4.79 Å². The Morgan fingerprint density at radius 2 is 2.11 bits per heavy atom. The van der Waals surface area contributed by atoms with Crippen LogP contribution in [0.25, 0.3) is 0 Å². The van der Waals surface area contributed by atoms with Gasteiger partial charge in [-0.1, -0.05) is 28.1 Å². The van der Waals surface area contributed by atoms with E-state index in [1.54, 1.807) is 0 Å². The first-order valence-electron chi connectivity index (χ1n) is 5.41. The Bertz CT molecular complexity index is 437. The van der Waals surface area contributed by atoms with Crippen molar-refractivity contribution in [2.75, 3.05) is 20.3 Å². The molecule has 7 heteroatoms. The van der Waals surface area contributed by atoms with Crippen LogP contribution in [0.15, 0.2) is 28.7 Å². The predicted molar refractivity (Wildman–Crippen MR) is 67.5 cm³/mol. The third-order valence-electron chi connectivity index (χ3n) is 2.23. The molecule has 0 N–H and O–H groups in total. The molecule has 3 nitrogen and oxygen atoms in total. The summed E-state index contributed by atoms with van der Waals surface area (Å²) in [6.45, 7) is -1.68. The highest BCUT2D eigenvalue weighted by Crippen LogP contribution is 2.15. The average molecular weight is 340 g/mol. The molecular weight excluding hydrogens is 327 g/mol. The van der Waals surface area contributed by atoms with E-state index in [0.717, 1.165) is 10.0 Å². The SMILES string of the molecule is CN(Cc1cccc(Br)c1)C(=O)COCC(F)(F)F. The summed E-state index contributed by atoms with van der Waals surface area (Å²) in [4.78, 5) is 12.9. The lowest BCUT2D eigenvalue weighted by atomic mass is 10.2. The van der Waals surface area contributed by atoms with Crippen molar-refractivity contribution in [2.24, 2.45) is 0 Å². The van der Waals surface area contributed by atoms with Gasteiger partial charge in [0.2, 0.25) is 5.91 Å². The van der Waals surface area contributed by atoms with E-state index in [2.05, 4.69) is 20.7 Å². The number of hydrogen-bond donors (Lipinski definition) is 0. The molecule has 0 atom stereocenters. The van der Waals surface area contributed by atoms with Crippen molar-refractivity contribution >= 4 is 21.8 Å². The molecule has 0 saturated heterocycles. The molecule has 1 rings (SSSR count). The van der Waals surface area contributed by atoms with Gasteiger partial charge in [-0.25, -0.2) is 0 Å². The van der Waals surface area contributed by atoms with E-state index in [9.17, 15) is 18.0 Å². The fraction of sp³-hybridized carbons (Fsp3) is 0.417. The maximum atomic E-state index is 11.8. The third-order valence-corrected chi connectivity index (χ3v) is 2.72. The molecule has 0 bridgehead atoms. The third kappa shape index (κ3) is 6.58. The zero-order chi connectivity index (χ0) is 14.5. The standard InChI is InChI=1S/C12H13BrF3NO2/c1-17(6-9-3-2-4-10(13)5-9)11(18)7-19-8-12(14,15)16/h2-5H,6-8H2,1H3. The van der Waals surface area contributed by atoms with Crippen LogP contribution in [-0.4, -0.2) is 37.2 Å². The highest BCUT2D eigenvalue weighted by atomic mass is 79.9. The van der Waals surface area contributed by atoms with E-state index in [1.165, 1.54) is 11.9 Å². The minimum Gasteiger partial charge on any atom is -0.362 e. The highest BCUT2D eigenvalue weighted by Gasteiger charge is 2.28. The van der Waals surface area contributed by atoms with Gasteiger partial charge in [-0.15, -0.1) is 0 Å². The molecule has 0 aliphatic rings. The van der Waals surface area contributed by atoms with Gasteiger partial charge in [-0.2, -0.15) is 13.2 Å². The van der Waals surface area contributed by atoms with E-state index in [-0.39, 0.29) is 0 Å². The van der Waals surface area contributed by atoms with Crippen LogP contribution in [0.5, 0.6) is 0 Å². The van der Waals surface area contributed by atoms with Crippen LogP contribution >= 0.6 is 15.9 Å². The zero-order valence-corrected chi connectivity index (χ0v) is 11.8. The summed E-state index contributed by atoms with van der Waals surface area (Å²) >= 11 is 3.30. The second-order valence-electron chi connectivity index (χ2n) is 3.99. The van der Waals surface area contributed by atoms with Gasteiger partial charge in [0, 0.05) is 18.1 Å². The number of ether oxygens (including phenoxy) is 1. The second-order valence-corrected chi connectivity index (χ2v) is 4.90. The summed E-state index contributed by atoms with van der Waals surface area (Å²) in [6.07, 6.45) is -4.41. The monoisotopic (exact) mass is 339 g/mol. The number of nitrogens with zero attached hydrogens (tertiary/aromatic N) is 1. The van der Waals surface area contributed by atoms with E-state index in [4.69, 9.17) is 0 Å². The van der Waals surface area contributed by atoms with Crippen LogP contribution in [0.4, 0.5) is 13.2 Å². The van der Waals surface area contributed by atoms with Gasteiger partial charge in [0.1, 0.15) is 13.2 Å². The minimum absolute atomic E-state index is 0.313. The molecule has 106 valence electrons. The van der Waals surface area contributed by atoms with Crippen LogP contribution in [0.2, 0.25) is 0 Å². The first-order valence-corrected chi connectivity index (χ1v) is 6.20. The number of likely N-dealkylation sites (N-methyl/N-ethyl adjacent to an activating group) is 1. The lowest BCUT2D eigenvalue weighted by Crippen LogP contribution is -2.31. The van der Waals surface area contributed by atoms with Gasteiger partial charge >= 0.3 is 6.18 Å². The van der Waals surface area contributed by atoms with Crippen LogP contribution < -0.4 is 0 Å². The fourth-order valence-electron chi connectivity index (χ4n) is 1.36. The van der Waals surface area contributed by atoms with Gasteiger partial charge in [-0.05, 0) is 17.7 Å². The van der Waals surface area contributed by atoms with Gasteiger partial charge in [0.05, 0.1) is 0 Å². The molecule has 19 heavy (non-hydrogen) atoms. The maximum Gasteiger partial charge on any atom is 0.411 e. The zero-order valence-electron chi connectivity index (χ0n) is 10.2. The number of amides is 1. The number of rotatable bonds is 5. The predicted octanol–water partition coefficient (Wildman–Crippen LogP) is 2.99. The Hall–Kier alpha value is -1.08. The molecule has 0 saturated carbocycles. The molecule has 1 aromatic rings. The molecule has 0 aliphatic heterocycles. The van der Waals surface area contributed by atoms with Crippen molar-refractivity contribution in [1.29, 1.82) is 0 Å². The van der Waals surface area contributed by atoms with Crippen LogP contribution in [-0.2, 0) is 16.1 Å². The largest absolute Gasteiger partial charge is 0.411 e. The highest BCUT2D eigenvalue weighted by molar-refractivity contribution is 9.10. The summed E-state index contributed by atoms with van der Waals surface area (Å²) in [5, 5.41) is 0. The number of carbonyl (C=O) groups excluding carboxylic acids is 1. The number of hydrogen-bond acceptors (Lipinski definition) is 2. The number of alkyl halides is 3. The van der Waals surface area contributed by atoms with E-state index >= 15 is 0 Å². The Labute approximate surface area is 117 Å². The molecule has 1 aromatic carbocycles. The lowest BCUT2D eigenvalue weighted by molar-refractivity contribution is -0.177. The summed E-state index contributed by atoms with van der Waals surface area (Å²) in [6, 6.07) is 7.32. The molecule has 0 fully saturated rings. The average Bonchev–Trinajstić information content (AvgIpc) is 2.27. The summed E-state index contributed by atoms with van der Waals surface area (Å²) in [5.41, 5.74) is 0.876. The molecule has 0 heterocycles. The smallest absolute Gasteiger partial charge is 0.362 e. The van der Waals surface area contributed by atoms with Crippen molar-refractivity contribution in [2.45, 2.75) is 12.7 Å². The molecule has 0 unspecified atom stereocenters. The van der Waals surface area contributed by atoms with E-state index in [1.807, 2.05) is 24.3 Å².